The predicted octanol–water partition coefficient (Wildman–Crippen LogP) is 4.04. The van der Waals surface area contributed by atoms with Gasteiger partial charge in [0.25, 0.3) is 0 Å². The van der Waals surface area contributed by atoms with Gasteiger partial charge in [-0.25, -0.2) is 4.98 Å². The second-order valence-corrected chi connectivity index (χ2v) is 8.88. The summed E-state index contributed by atoms with van der Waals surface area (Å²) in [6.07, 6.45) is 7.75. The fourth-order valence-corrected chi connectivity index (χ4v) is 4.11. The maximum Gasteiger partial charge on any atom is 0.246 e. The number of hydrogen-bond acceptors (Lipinski definition) is 6. The first-order valence-corrected chi connectivity index (χ1v) is 11.7. The van der Waals surface area contributed by atoms with Gasteiger partial charge in [-0.3, -0.25) is 9.48 Å². The smallest absolute Gasteiger partial charge is 0.246 e. The highest BCUT2D eigenvalue weighted by atomic mass is 16.2. The van der Waals surface area contributed by atoms with E-state index < -0.39 is 0 Å². The molecule has 174 valence electrons. The fourth-order valence-electron chi connectivity index (χ4n) is 4.11. The lowest BCUT2D eigenvalue weighted by Gasteiger charge is -2.34. The molecule has 1 aromatic carbocycles. The van der Waals surface area contributed by atoms with Crippen LogP contribution in [0.2, 0.25) is 0 Å². The lowest BCUT2D eigenvalue weighted by molar-refractivity contribution is -0.117. The lowest BCUT2D eigenvalue weighted by atomic mass is 9.97. The molecule has 0 bridgehead atoms. The molecule has 1 aliphatic rings. The van der Waals surface area contributed by atoms with Gasteiger partial charge in [-0.1, -0.05) is 51.5 Å². The molecular formula is C25H33N7O. The summed E-state index contributed by atoms with van der Waals surface area (Å²) < 4.78 is 1.97. The maximum absolute atomic E-state index is 12.3. The van der Waals surface area contributed by atoms with Gasteiger partial charge >= 0.3 is 0 Å². The van der Waals surface area contributed by atoms with Gasteiger partial charge in [-0.15, -0.1) is 0 Å². The van der Waals surface area contributed by atoms with E-state index in [0.29, 0.717) is 25.0 Å². The van der Waals surface area contributed by atoms with Crippen LogP contribution in [0.4, 0.5) is 17.5 Å². The molecule has 1 aliphatic heterocycles. The highest BCUT2D eigenvalue weighted by Crippen LogP contribution is 2.31. The van der Waals surface area contributed by atoms with Crippen LogP contribution in [0, 0.1) is 0 Å². The van der Waals surface area contributed by atoms with Gasteiger partial charge in [0.1, 0.15) is 5.69 Å². The molecule has 8 heteroatoms. The van der Waals surface area contributed by atoms with Crippen molar-refractivity contribution in [2.24, 2.45) is 0 Å². The van der Waals surface area contributed by atoms with E-state index in [-0.39, 0.29) is 5.91 Å². The molecule has 1 amide bonds. The molecule has 8 nitrogen and oxygen atoms in total. The van der Waals surface area contributed by atoms with Crippen molar-refractivity contribution in [1.82, 2.24) is 19.7 Å². The van der Waals surface area contributed by atoms with Crippen LogP contribution >= 0.6 is 0 Å². The van der Waals surface area contributed by atoms with E-state index in [1.807, 2.05) is 10.9 Å². The SMILES string of the molecule is CCCCN1CC(=O)N(C)c2cnc(NCc3cnn(Cc4ccccc4C(C)C)c3)nc21. The predicted molar refractivity (Wildman–Crippen MR) is 132 cm³/mol. The Bertz CT molecular complexity index is 1110. The summed E-state index contributed by atoms with van der Waals surface area (Å²) in [5.41, 5.74) is 4.46. The maximum atomic E-state index is 12.3. The number of nitrogens with zero attached hydrogens (tertiary/aromatic N) is 6. The summed E-state index contributed by atoms with van der Waals surface area (Å²) >= 11 is 0. The zero-order valence-corrected chi connectivity index (χ0v) is 20.0. The number of unbranched alkanes of at least 4 members (excludes halogenated alkanes) is 1. The first kappa shape index (κ1) is 22.8. The van der Waals surface area contributed by atoms with E-state index >= 15 is 0 Å². The molecule has 0 radical (unpaired) electrons. The van der Waals surface area contributed by atoms with Crippen LogP contribution in [0.15, 0.2) is 42.9 Å². The Morgan fingerprint density at radius 3 is 2.79 bits per heavy atom. The third kappa shape index (κ3) is 5.16. The van der Waals surface area contributed by atoms with Crippen LogP contribution in [0.5, 0.6) is 0 Å². The first-order valence-electron chi connectivity index (χ1n) is 11.7. The Kier molecular flexibility index (Phi) is 6.91. The number of likely N-dealkylation sites (N-methyl/N-ethyl adjacent to an activating group) is 1. The molecule has 0 saturated carbocycles. The van der Waals surface area contributed by atoms with Crippen LogP contribution in [0.1, 0.15) is 56.2 Å². The van der Waals surface area contributed by atoms with Gasteiger partial charge in [-0.2, -0.15) is 10.1 Å². The molecular weight excluding hydrogens is 414 g/mol. The minimum Gasteiger partial charge on any atom is -0.350 e. The average molecular weight is 448 g/mol. The monoisotopic (exact) mass is 447 g/mol. The highest BCUT2D eigenvalue weighted by molar-refractivity contribution is 6.01. The number of benzene rings is 1. The molecule has 0 spiro atoms. The van der Waals surface area contributed by atoms with E-state index in [1.165, 1.54) is 11.1 Å². The van der Waals surface area contributed by atoms with Crippen molar-refractivity contribution < 1.29 is 4.79 Å². The number of carbonyl (C=O) groups is 1. The van der Waals surface area contributed by atoms with Crippen molar-refractivity contribution in [3.63, 3.8) is 0 Å². The van der Waals surface area contributed by atoms with E-state index in [9.17, 15) is 4.79 Å². The van der Waals surface area contributed by atoms with Crippen molar-refractivity contribution in [1.29, 1.82) is 0 Å². The Balaban J connectivity index is 1.44. The Morgan fingerprint density at radius 1 is 1.18 bits per heavy atom. The second kappa shape index (κ2) is 10.0. The number of carbonyl (C=O) groups excluding carboxylic acids is 1. The molecule has 33 heavy (non-hydrogen) atoms. The minimum atomic E-state index is 0.0642. The fraction of sp³-hybridized carbons (Fsp3) is 0.440. The van der Waals surface area contributed by atoms with E-state index in [4.69, 9.17) is 4.98 Å². The lowest BCUT2D eigenvalue weighted by Crippen LogP contribution is -2.45. The number of rotatable bonds is 9. The van der Waals surface area contributed by atoms with Crippen molar-refractivity contribution in [3.8, 4) is 0 Å². The first-order chi connectivity index (χ1) is 16.0. The number of amides is 1. The van der Waals surface area contributed by atoms with Crippen LogP contribution in [0.25, 0.3) is 0 Å². The third-order valence-electron chi connectivity index (χ3n) is 6.04. The summed E-state index contributed by atoms with van der Waals surface area (Å²) in [5.74, 6) is 1.90. The Hall–Kier alpha value is -3.42. The van der Waals surface area contributed by atoms with Crippen molar-refractivity contribution in [3.05, 3.63) is 59.5 Å². The molecule has 2 aromatic heterocycles. The van der Waals surface area contributed by atoms with Crippen LogP contribution < -0.4 is 15.1 Å². The number of hydrogen-bond donors (Lipinski definition) is 1. The van der Waals surface area contributed by atoms with Gasteiger partial charge in [-0.05, 0) is 23.5 Å². The molecule has 0 saturated heterocycles. The number of fused-ring (bicyclic) bond motifs is 1. The summed E-state index contributed by atoms with van der Waals surface area (Å²) in [6.45, 7) is 9.06. The topological polar surface area (TPSA) is 79.2 Å². The minimum absolute atomic E-state index is 0.0642. The van der Waals surface area contributed by atoms with E-state index in [2.05, 4.69) is 71.5 Å². The van der Waals surface area contributed by atoms with Gasteiger partial charge in [0.05, 0.1) is 25.5 Å². The van der Waals surface area contributed by atoms with Crippen LogP contribution in [-0.4, -0.2) is 45.8 Å². The zero-order valence-electron chi connectivity index (χ0n) is 20.0. The van der Waals surface area contributed by atoms with Crippen LogP contribution in [0.3, 0.4) is 0 Å². The molecule has 0 unspecified atom stereocenters. The van der Waals surface area contributed by atoms with E-state index in [0.717, 1.165) is 43.0 Å². The summed E-state index contributed by atoms with van der Waals surface area (Å²) in [4.78, 5) is 25.2. The van der Waals surface area contributed by atoms with Gasteiger partial charge in [0, 0.05) is 31.9 Å². The Morgan fingerprint density at radius 2 is 2.00 bits per heavy atom. The third-order valence-corrected chi connectivity index (χ3v) is 6.04. The number of aromatic nitrogens is 4. The zero-order chi connectivity index (χ0) is 23.4. The van der Waals surface area contributed by atoms with Gasteiger partial charge in [0.15, 0.2) is 5.82 Å². The molecule has 3 aromatic rings. The molecule has 0 atom stereocenters. The largest absolute Gasteiger partial charge is 0.350 e. The molecule has 0 aliphatic carbocycles. The molecule has 4 rings (SSSR count). The van der Waals surface area contributed by atoms with E-state index in [1.54, 1.807) is 18.1 Å². The average Bonchev–Trinajstić information content (AvgIpc) is 3.26. The summed E-state index contributed by atoms with van der Waals surface area (Å²) in [7, 11) is 1.78. The summed E-state index contributed by atoms with van der Waals surface area (Å²) in [6, 6.07) is 8.53. The molecule has 3 heterocycles. The molecule has 0 fully saturated rings. The van der Waals surface area contributed by atoms with Gasteiger partial charge < -0.3 is 15.1 Å². The van der Waals surface area contributed by atoms with Crippen molar-refractivity contribution >= 4 is 23.4 Å². The molecule has 1 N–H and O–H groups in total. The van der Waals surface area contributed by atoms with Crippen molar-refractivity contribution in [2.45, 2.75) is 52.6 Å². The standard InChI is InChI=1S/C25H33N7O/c1-5-6-11-31-17-23(33)30(4)22-14-27-25(29-24(22)31)26-12-19-13-28-32(15-19)16-20-9-7-8-10-21(20)18(2)3/h7-10,13-15,18H,5-6,11-12,16-17H2,1-4H3,(H,26,27,29). The second-order valence-electron chi connectivity index (χ2n) is 8.88. The van der Waals surface area contributed by atoms with Crippen LogP contribution in [-0.2, 0) is 17.9 Å². The Labute approximate surface area is 195 Å². The summed E-state index contributed by atoms with van der Waals surface area (Å²) in [5, 5.41) is 7.86. The van der Waals surface area contributed by atoms with Crippen molar-refractivity contribution in [2.75, 3.05) is 35.3 Å². The number of nitrogens with one attached hydrogen (secondary N) is 1. The van der Waals surface area contributed by atoms with Gasteiger partial charge in [0.2, 0.25) is 11.9 Å². The highest BCUT2D eigenvalue weighted by Gasteiger charge is 2.28. The number of anilines is 3. The normalized spacial score (nSPS) is 13.5. The quantitative estimate of drug-likeness (QED) is 0.533.